The highest BCUT2D eigenvalue weighted by atomic mass is 16.3. The molecule has 5 nitrogen and oxygen atoms in total. The first kappa shape index (κ1) is 24.5. The molecule has 1 N–H and O–H groups in total. The lowest BCUT2D eigenvalue weighted by Gasteiger charge is -2.26. The summed E-state index contributed by atoms with van der Waals surface area (Å²) < 4.78 is 8.82. The summed E-state index contributed by atoms with van der Waals surface area (Å²) in [4.78, 5) is 5.17. The Hall–Kier alpha value is -6.12. The second kappa shape index (κ2) is 9.45. The first-order chi connectivity index (χ1) is 21.8. The molecule has 0 aliphatic carbocycles. The molecule has 206 valence electrons. The maximum Gasteiger partial charge on any atom is 0.160 e. The van der Waals surface area contributed by atoms with E-state index in [1.807, 2.05) is 48.5 Å². The van der Waals surface area contributed by atoms with Crippen LogP contribution in [0.5, 0.6) is 0 Å². The molecule has 0 fully saturated rings. The molecule has 0 bridgehead atoms. The molecule has 3 heterocycles. The van der Waals surface area contributed by atoms with Crippen molar-refractivity contribution in [1.82, 2.24) is 4.57 Å². The molecule has 8 aromatic rings. The topological polar surface area (TPSA) is 66.2 Å². The van der Waals surface area contributed by atoms with Gasteiger partial charge < -0.3 is 14.3 Å². The number of anilines is 1. The number of furan rings is 1. The number of nitrogens with zero attached hydrogens (tertiary/aromatic N) is 3. The van der Waals surface area contributed by atoms with Crippen molar-refractivity contribution in [3.63, 3.8) is 0 Å². The van der Waals surface area contributed by atoms with E-state index in [1.54, 1.807) is 0 Å². The SMILES string of the molecule is N#Cc1cccc(C2=NC(c3ccc(-n4c5ccccc5c5ccc6c7ccccc7oc6c54)cc3)Nc3ccccc32)c1. The maximum atomic E-state index is 9.51. The normalized spacial score (nSPS) is 14.4. The number of aromatic nitrogens is 1. The van der Waals surface area contributed by atoms with Gasteiger partial charge in [0, 0.05) is 44.0 Å². The molecule has 1 aliphatic heterocycles. The molecule has 44 heavy (non-hydrogen) atoms. The Morgan fingerprint density at radius 1 is 0.705 bits per heavy atom. The number of nitrogens with one attached hydrogen (secondary N) is 1. The number of aliphatic imine (C=N–C) groups is 1. The minimum Gasteiger partial charge on any atom is -0.454 e. The van der Waals surface area contributed by atoms with Crippen molar-refractivity contribution in [3.8, 4) is 11.8 Å². The highest BCUT2D eigenvalue weighted by Crippen LogP contribution is 2.40. The fraction of sp³-hybridized carbons (Fsp3) is 0.0256. The van der Waals surface area contributed by atoms with E-state index in [0.717, 1.165) is 72.1 Å². The third-order valence-corrected chi connectivity index (χ3v) is 8.64. The van der Waals surface area contributed by atoms with Gasteiger partial charge >= 0.3 is 0 Å². The molecule has 0 amide bonds. The average Bonchev–Trinajstić information content (AvgIpc) is 3.64. The Balaban J connectivity index is 1.20. The summed E-state index contributed by atoms with van der Waals surface area (Å²) in [5, 5.41) is 17.7. The van der Waals surface area contributed by atoms with Crippen LogP contribution < -0.4 is 5.32 Å². The number of fused-ring (bicyclic) bond motifs is 8. The van der Waals surface area contributed by atoms with Gasteiger partial charge in [-0.2, -0.15) is 5.26 Å². The monoisotopic (exact) mass is 564 g/mol. The van der Waals surface area contributed by atoms with Crippen LogP contribution in [0.2, 0.25) is 0 Å². The van der Waals surface area contributed by atoms with E-state index in [9.17, 15) is 5.26 Å². The van der Waals surface area contributed by atoms with E-state index in [2.05, 4.69) is 101 Å². The summed E-state index contributed by atoms with van der Waals surface area (Å²) in [5.74, 6) is 0. The second-order valence-electron chi connectivity index (χ2n) is 11.1. The van der Waals surface area contributed by atoms with Gasteiger partial charge in [-0.25, -0.2) is 0 Å². The average molecular weight is 565 g/mol. The van der Waals surface area contributed by atoms with Gasteiger partial charge in [0.1, 0.15) is 11.7 Å². The lowest BCUT2D eigenvalue weighted by atomic mass is 9.96. The van der Waals surface area contributed by atoms with Crippen LogP contribution >= 0.6 is 0 Å². The predicted molar refractivity (Wildman–Crippen MR) is 178 cm³/mol. The standard InChI is InChI=1S/C39H24N4O/c40-23-24-8-7-9-26(22-24)36-32-12-1-4-13-33(32)41-39(42-36)25-16-18-27(19-17-25)43-34-14-5-2-10-28(34)30-20-21-31-29-11-3-6-15-35(29)44-38(31)37(30)43/h1-22,39,41H. The van der Waals surface area contributed by atoms with Crippen LogP contribution in [-0.4, -0.2) is 10.3 Å². The van der Waals surface area contributed by atoms with E-state index in [0.29, 0.717) is 5.56 Å². The molecule has 5 heteroatoms. The van der Waals surface area contributed by atoms with Gasteiger partial charge in [-0.3, -0.25) is 4.99 Å². The summed E-state index contributed by atoms with van der Waals surface area (Å²) >= 11 is 0. The predicted octanol–water partition coefficient (Wildman–Crippen LogP) is 9.52. The number of nitriles is 1. The van der Waals surface area contributed by atoms with E-state index in [4.69, 9.17) is 9.41 Å². The summed E-state index contributed by atoms with van der Waals surface area (Å²) in [6, 6.07) is 47.9. The van der Waals surface area contributed by atoms with Gasteiger partial charge in [0.25, 0.3) is 0 Å². The van der Waals surface area contributed by atoms with Crippen molar-refractivity contribution in [2.24, 2.45) is 4.99 Å². The molecule has 1 unspecified atom stereocenters. The molecule has 0 saturated heterocycles. The molecule has 2 aromatic heterocycles. The van der Waals surface area contributed by atoms with Crippen molar-refractivity contribution in [1.29, 1.82) is 5.26 Å². The number of hydrogen-bond acceptors (Lipinski definition) is 4. The lowest BCUT2D eigenvalue weighted by molar-refractivity contribution is 0.671. The first-order valence-electron chi connectivity index (χ1n) is 14.6. The highest BCUT2D eigenvalue weighted by molar-refractivity contribution is 6.21. The van der Waals surface area contributed by atoms with Crippen molar-refractivity contribution in [3.05, 3.63) is 156 Å². The summed E-state index contributed by atoms with van der Waals surface area (Å²) in [6.45, 7) is 0. The third kappa shape index (κ3) is 3.62. The van der Waals surface area contributed by atoms with Crippen LogP contribution in [-0.2, 0) is 0 Å². The van der Waals surface area contributed by atoms with Crippen LogP contribution in [0.4, 0.5) is 5.69 Å². The van der Waals surface area contributed by atoms with E-state index >= 15 is 0 Å². The van der Waals surface area contributed by atoms with E-state index in [1.165, 1.54) is 5.39 Å². The molecular formula is C39H24N4O. The van der Waals surface area contributed by atoms with E-state index in [-0.39, 0.29) is 6.17 Å². The fourth-order valence-corrected chi connectivity index (χ4v) is 6.62. The zero-order chi connectivity index (χ0) is 29.2. The third-order valence-electron chi connectivity index (χ3n) is 8.64. The minimum atomic E-state index is -0.278. The Morgan fingerprint density at radius 3 is 2.36 bits per heavy atom. The van der Waals surface area contributed by atoms with Crippen molar-refractivity contribution < 1.29 is 4.42 Å². The molecular weight excluding hydrogens is 540 g/mol. The van der Waals surface area contributed by atoms with Gasteiger partial charge in [0.15, 0.2) is 5.58 Å². The molecule has 0 spiro atoms. The summed E-state index contributed by atoms with van der Waals surface area (Å²) in [6.07, 6.45) is -0.278. The highest BCUT2D eigenvalue weighted by Gasteiger charge is 2.23. The number of benzene rings is 6. The van der Waals surface area contributed by atoms with Gasteiger partial charge in [0.05, 0.1) is 28.4 Å². The molecule has 0 radical (unpaired) electrons. The van der Waals surface area contributed by atoms with Crippen LogP contribution in [0, 0.1) is 11.3 Å². The van der Waals surface area contributed by atoms with Crippen LogP contribution in [0.15, 0.2) is 143 Å². The molecule has 1 aliphatic rings. The minimum absolute atomic E-state index is 0.278. The van der Waals surface area contributed by atoms with Crippen molar-refractivity contribution in [2.45, 2.75) is 6.17 Å². The number of rotatable bonds is 3. The maximum absolute atomic E-state index is 9.51. The Kier molecular flexibility index (Phi) is 5.26. The smallest absolute Gasteiger partial charge is 0.160 e. The zero-order valence-corrected chi connectivity index (χ0v) is 23.5. The Bertz CT molecular complexity index is 2490. The Morgan fingerprint density at radius 2 is 1.48 bits per heavy atom. The largest absolute Gasteiger partial charge is 0.454 e. The Labute approximate surface area is 252 Å². The van der Waals surface area contributed by atoms with Crippen LogP contribution in [0.3, 0.4) is 0 Å². The van der Waals surface area contributed by atoms with Gasteiger partial charge in [0.2, 0.25) is 0 Å². The van der Waals surface area contributed by atoms with E-state index < -0.39 is 0 Å². The fourth-order valence-electron chi connectivity index (χ4n) is 6.62. The molecule has 1 atom stereocenters. The lowest BCUT2D eigenvalue weighted by Crippen LogP contribution is -2.20. The summed E-state index contributed by atoms with van der Waals surface area (Å²) in [5.41, 5.74) is 10.5. The first-order valence-corrected chi connectivity index (χ1v) is 14.6. The van der Waals surface area contributed by atoms with Crippen molar-refractivity contribution >= 4 is 55.1 Å². The number of hydrogen-bond donors (Lipinski definition) is 1. The quantitative estimate of drug-likeness (QED) is 0.232. The van der Waals surface area contributed by atoms with Crippen molar-refractivity contribution in [2.75, 3.05) is 5.32 Å². The van der Waals surface area contributed by atoms with Gasteiger partial charge in [-0.05, 0) is 54.1 Å². The molecule has 6 aromatic carbocycles. The van der Waals surface area contributed by atoms with Gasteiger partial charge in [-0.15, -0.1) is 0 Å². The second-order valence-corrected chi connectivity index (χ2v) is 11.1. The van der Waals surface area contributed by atoms with Crippen LogP contribution in [0.1, 0.15) is 28.4 Å². The molecule has 9 rings (SSSR count). The number of para-hydroxylation sites is 3. The zero-order valence-electron chi connectivity index (χ0n) is 23.5. The summed E-state index contributed by atoms with van der Waals surface area (Å²) in [7, 11) is 0. The van der Waals surface area contributed by atoms with Gasteiger partial charge in [-0.1, -0.05) is 84.9 Å². The van der Waals surface area contributed by atoms with Crippen LogP contribution in [0.25, 0.3) is 49.4 Å². The molecule has 0 saturated carbocycles.